The number of thiazole rings is 1. The van der Waals surface area contributed by atoms with E-state index in [4.69, 9.17) is 28.9 Å². The van der Waals surface area contributed by atoms with Crippen LogP contribution in [0.5, 0.6) is 0 Å². The Morgan fingerprint density at radius 3 is 2.86 bits per heavy atom. The molecule has 0 bridgehead atoms. The van der Waals surface area contributed by atoms with Crippen molar-refractivity contribution in [3.8, 4) is 0 Å². The lowest BCUT2D eigenvalue weighted by atomic mass is 9.90. The number of carbonyl (C=O) groups is 1. The van der Waals surface area contributed by atoms with Crippen molar-refractivity contribution >= 4 is 45.6 Å². The molecule has 1 aliphatic carbocycles. The molecule has 1 aliphatic rings. The first kappa shape index (κ1) is 15.6. The third kappa shape index (κ3) is 3.07. The van der Waals surface area contributed by atoms with Gasteiger partial charge in [-0.15, -0.1) is 11.3 Å². The summed E-state index contributed by atoms with van der Waals surface area (Å²) in [4.78, 5) is 17.9. The molecule has 22 heavy (non-hydrogen) atoms. The molecule has 1 unspecified atom stereocenters. The molecule has 0 saturated carbocycles. The third-order valence-corrected chi connectivity index (χ3v) is 5.46. The van der Waals surface area contributed by atoms with Crippen molar-refractivity contribution in [3.63, 3.8) is 0 Å². The van der Waals surface area contributed by atoms with Crippen molar-refractivity contribution in [2.75, 3.05) is 5.73 Å². The highest BCUT2D eigenvalue weighted by Crippen LogP contribution is 2.36. The largest absolute Gasteiger partial charge is 0.375 e. The number of anilines is 1. The number of amides is 1. The molecule has 0 saturated heterocycles. The standard InChI is InChI=1S/C15H15Cl2N3OS/c16-10-4-2-5-11(17)9(10)7-19-14(21)8-3-1-6-12-13(8)20-15(18)22-12/h2,4-5,8H,1,3,6-7H2,(H2,18,20)(H,19,21). The van der Waals surface area contributed by atoms with Crippen LogP contribution >= 0.6 is 34.5 Å². The smallest absolute Gasteiger partial charge is 0.229 e. The molecule has 0 spiro atoms. The lowest BCUT2D eigenvalue weighted by Crippen LogP contribution is -2.31. The summed E-state index contributed by atoms with van der Waals surface area (Å²) < 4.78 is 0. The van der Waals surface area contributed by atoms with Crippen molar-refractivity contribution in [2.24, 2.45) is 0 Å². The van der Waals surface area contributed by atoms with E-state index < -0.39 is 0 Å². The first-order valence-electron chi connectivity index (χ1n) is 7.02. The van der Waals surface area contributed by atoms with Crippen LogP contribution in [-0.4, -0.2) is 10.9 Å². The summed E-state index contributed by atoms with van der Waals surface area (Å²) in [5, 5.41) is 4.55. The highest BCUT2D eigenvalue weighted by molar-refractivity contribution is 7.15. The molecule has 0 radical (unpaired) electrons. The molecule has 1 aromatic carbocycles. The average molecular weight is 356 g/mol. The molecule has 4 nitrogen and oxygen atoms in total. The zero-order chi connectivity index (χ0) is 15.7. The molecular formula is C15H15Cl2N3OS. The van der Waals surface area contributed by atoms with Crippen LogP contribution in [0.25, 0.3) is 0 Å². The van der Waals surface area contributed by atoms with Gasteiger partial charge in [-0.2, -0.15) is 0 Å². The summed E-state index contributed by atoms with van der Waals surface area (Å²) in [6, 6.07) is 5.30. The van der Waals surface area contributed by atoms with Crippen LogP contribution in [0.15, 0.2) is 18.2 Å². The number of rotatable bonds is 3. The number of fused-ring (bicyclic) bond motifs is 1. The van der Waals surface area contributed by atoms with Crippen LogP contribution in [0.1, 0.15) is 34.9 Å². The average Bonchev–Trinajstić information content (AvgIpc) is 2.86. The number of nitrogens with one attached hydrogen (secondary N) is 1. The molecule has 0 fully saturated rings. The van der Waals surface area contributed by atoms with Gasteiger partial charge in [0.2, 0.25) is 5.91 Å². The number of halogens is 2. The maximum atomic E-state index is 12.5. The van der Waals surface area contributed by atoms with Crippen LogP contribution in [0.3, 0.4) is 0 Å². The van der Waals surface area contributed by atoms with E-state index in [1.165, 1.54) is 11.3 Å². The third-order valence-electron chi connectivity index (χ3n) is 3.79. The fourth-order valence-corrected chi connectivity index (χ4v) is 4.16. The molecule has 116 valence electrons. The van der Waals surface area contributed by atoms with Crippen molar-refractivity contribution in [3.05, 3.63) is 44.4 Å². The van der Waals surface area contributed by atoms with Crippen LogP contribution in [-0.2, 0) is 17.8 Å². The predicted octanol–water partition coefficient (Wildman–Crippen LogP) is 3.77. The number of carbonyl (C=O) groups excluding carboxylic acids is 1. The minimum absolute atomic E-state index is 0.0535. The van der Waals surface area contributed by atoms with Crippen molar-refractivity contribution in [1.82, 2.24) is 10.3 Å². The van der Waals surface area contributed by atoms with Gasteiger partial charge in [0.1, 0.15) is 0 Å². The van der Waals surface area contributed by atoms with Crippen LogP contribution < -0.4 is 11.1 Å². The Labute approximate surface area is 142 Å². The topological polar surface area (TPSA) is 68.0 Å². The van der Waals surface area contributed by atoms with Gasteiger partial charge in [-0.1, -0.05) is 29.3 Å². The summed E-state index contributed by atoms with van der Waals surface area (Å²) in [6.07, 6.45) is 2.71. The molecule has 3 rings (SSSR count). The van der Waals surface area contributed by atoms with Gasteiger partial charge in [-0.05, 0) is 31.4 Å². The molecule has 1 amide bonds. The monoisotopic (exact) mass is 355 g/mol. The van der Waals surface area contributed by atoms with E-state index in [2.05, 4.69) is 10.3 Å². The van der Waals surface area contributed by atoms with Gasteiger partial charge in [0.05, 0.1) is 11.6 Å². The van der Waals surface area contributed by atoms with E-state index in [0.29, 0.717) is 21.7 Å². The zero-order valence-electron chi connectivity index (χ0n) is 11.7. The second-order valence-electron chi connectivity index (χ2n) is 5.22. The van der Waals surface area contributed by atoms with E-state index in [1.54, 1.807) is 18.2 Å². The zero-order valence-corrected chi connectivity index (χ0v) is 14.1. The van der Waals surface area contributed by atoms with Gasteiger partial charge < -0.3 is 11.1 Å². The van der Waals surface area contributed by atoms with Crippen molar-refractivity contribution in [2.45, 2.75) is 31.7 Å². The van der Waals surface area contributed by atoms with Gasteiger partial charge in [-0.25, -0.2) is 4.98 Å². The minimum atomic E-state index is -0.237. The second-order valence-corrected chi connectivity index (χ2v) is 7.15. The molecule has 0 aliphatic heterocycles. The second kappa shape index (κ2) is 6.44. The maximum absolute atomic E-state index is 12.5. The van der Waals surface area contributed by atoms with Gasteiger partial charge in [-0.3, -0.25) is 4.79 Å². The molecular weight excluding hydrogens is 341 g/mol. The summed E-state index contributed by atoms with van der Waals surface area (Å²) in [5.41, 5.74) is 7.33. The number of aryl methyl sites for hydroxylation is 1. The van der Waals surface area contributed by atoms with Crippen molar-refractivity contribution in [1.29, 1.82) is 0 Å². The number of hydrogen-bond acceptors (Lipinski definition) is 4. The van der Waals surface area contributed by atoms with Gasteiger partial charge in [0.25, 0.3) is 0 Å². The molecule has 3 N–H and O–H groups in total. The van der Waals surface area contributed by atoms with E-state index >= 15 is 0 Å². The van der Waals surface area contributed by atoms with Gasteiger partial charge >= 0.3 is 0 Å². The fourth-order valence-electron chi connectivity index (χ4n) is 2.69. The number of nitrogen functional groups attached to an aromatic ring is 1. The Morgan fingerprint density at radius 2 is 2.14 bits per heavy atom. The maximum Gasteiger partial charge on any atom is 0.229 e. The Bertz CT molecular complexity index is 697. The van der Waals surface area contributed by atoms with E-state index in [-0.39, 0.29) is 11.8 Å². The van der Waals surface area contributed by atoms with E-state index in [9.17, 15) is 4.79 Å². The highest BCUT2D eigenvalue weighted by Gasteiger charge is 2.29. The molecule has 2 aromatic rings. The quantitative estimate of drug-likeness (QED) is 0.880. The summed E-state index contributed by atoms with van der Waals surface area (Å²) in [5.74, 6) is -0.291. The normalized spacial score (nSPS) is 17.1. The molecule has 7 heteroatoms. The molecule has 1 atom stereocenters. The Morgan fingerprint density at radius 1 is 1.41 bits per heavy atom. The number of nitrogens with two attached hydrogens (primary N) is 1. The summed E-state index contributed by atoms with van der Waals surface area (Å²) in [6.45, 7) is 0.308. The van der Waals surface area contributed by atoms with Crippen LogP contribution in [0.4, 0.5) is 5.13 Å². The number of aromatic nitrogens is 1. The van der Waals surface area contributed by atoms with E-state index in [0.717, 1.165) is 35.4 Å². The SMILES string of the molecule is Nc1nc2c(s1)CCCC2C(=O)NCc1c(Cl)cccc1Cl. The number of benzene rings is 1. The predicted molar refractivity (Wildman–Crippen MR) is 90.5 cm³/mol. The van der Waals surface area contributed by atoms with Gasteiger partial charge in [0.15, 0.2) is 5.13 Å². The van der Waals surface area contributed by atoms with Crippen LogP contribution in [0, 0.1) is 0 Å². The number of hydrogen-bond donors (Lipinski definition) is 2. The minimum Gasteiger partial charge on any atom is -0.375 e. The lowest BCUT2D eigenvalue weighted by Gasteiger charge is -2.20. The summed E-state index contributed by atoms with van der Waals surface area (Å²) in [7, 11) is 0. The molecule has 1 aromatic heterocycles. The molecule has 1 heterocycles. The van der Waals surface area contributed by atoms with Gasteiger partial charge in [0, 0.05) is 27.0 Å². The summed E-state index contributed by atoms with van der Waals surface area (Å²) >= 11 is 13.7. The van der Waals surface area contributed by atoms with E-state index in [1.807, 2.05) is 0 Å². The Kier molecular flexibility index (Phi) is 4.57. The first-order valence-corrected chi connectivity index (χ1v) is 8.59. The highest BCUT2D eigenvalue weighted by atomic mass is 35.5. The number of nitrogens with zero attached hydrogens (tertiary/aromatic N) is 1. The Hall–Kier alpha value is -1.30. The Balaban J connectivity index is 1.73. The lowest BCUT2D eigenvalue weighted by molar-refractivity contribution is -0.123. The fraction of sp³-hybridized carbons (Fsp3) is 0.333. The van der Waals surface area contributed by atoms with Crippen LogP contribution in [0.2, 0.25) is 10.0 Å². The first-order chi connectivity index (χ1) is 10.6. The van der Waals surface area contributed by atoms with Crippen molar-refractivity contribution < 1.29 is 4.79 Å².